The van der Waals surface area contributed by atoms with Crippen molar-refractivity contribution in [2.24, 2.45) is 5.92 Å². The maximum atomic E-state index is 9.97. The zero-order valence-corrected chi connectivity index (χ0v) is 9.85. The van der Waals surface area contributed by atoms with E-state index in [9.17, 15) is 5.11 Å². The molecule has 14 heavy (non-hydrogen) atoms. The number of hydrogen-bond donors (Lipinski definition) is 2. The monoisotopic (exact) mass is 215 g/mol. The second-order valence-corrected chi connectivity index (χ2v) is 4.95. The van der Waals surface area contributed by atoms with Gasteiger partial charge in [0.2, 0.25) is 5.16 Å². The largest absolute Gasteiger partial charge is 0.389 e. The summed E-state index contributed by atoms with van der Waals surface area (Å²) in [7, 11) is 0. The molecule has 1 aromatic heterocycles. The fraction of sp³-hybridized carbons (Fsp3) is 0.778. The van der Waals surface area contributed by atoms with Crippen molar-refractivity contribution in [2.75, 3.05) is 5.75 Å². The summed E-state index contributed by atoms with van der Waals surface area (Å²) in [4.78, 5) is 4.16. The standard InChI is InChI=1S/C9H17N3OS/c1-6(2)9(4,13)5-14-8-10-7(3)11-12-8/h6,13H,5H2,1-4H3,(H,10,11,12). The van der Waals surface area contributed by atoms with E-state index in [1.54, 1.807) is 0 Å². The van der Waals surface area contributed by atoms with Crippen LogP contribution in [-0.2, 0) is 0 Å². The number of H-pyrrole nitrogens is 1. The molecule has 0 saturated heterocycles. The maximum Gasteiger partial charge on any atom is 0.208 e. The minimum atomic E-state index is -0.667. The van der Waals surface area contributed by atoms with E-state index in [1.165, 1.54) is 11.8 Å². The highest BCUT2D eigenvalue weighted by atomic mass is 32.2. The number of nitrogens with zero attached hydrogens (tertiary/aromatic N) is 2. The molecule has 0 aliphatic heterocycles. The molecule has 5 heteroatoms. The topological polar surface area (TPSA) is 61.8 Å². The Morgan fingerprint density at radius 2 is 2.21 bits per heavy atom. The number of aromatic nitrogens is 3. The normalized spacial score (nSPS) is 15.9. The summed E-state index contributed by atoms with van der Waals surface area (Å²) in [5, 5.41) is 17.4. The second kappa shape index (κ2) is 4.31. The zero-order valence-electron chi connectivity index (χ0n) is 9.03. The Kier molecular flexibility index (Phi) is 3.55. The van der Waals surface area contributed by atoms with Gasteiger partial charge in [0, 0.05) is 5.75 Å². The molecule has 4 nitrogen and oxygen atoms in total. The predicted molar refractivity (Wildman–Crippen MR) is 57.3 cm³/mol. The van der Waals surface area contributed by atoms with E-state index in [-0.39, 0.29) is 5.92 Å². The Bertz CT molecular complexity index is 296. The zero-order chi connectivity index (χ0) is 10.8. The lowest BCUT2D eigenvalue weighted by Gasteiger charge is -2.26. The summed E-state index contributed by atoms with van der Waals surface area (Å²) in [6.45, 7) is 7.70. The average Bonchev–Trinajstić information content (AvgIpc) is 2.48. The van der Waals surface area contributed by atoms with Gasteiger partial charge in [-0.1, -0.05) is 25.6 Å². The average molecular weight is 215 g/mol. The Morgan fingerprint density at radius 1 is 1.57 bits per heavy atom. The molecule has 0 aromatic carbocycles. The van der Waals surface area contributed by atoms with Crippen LogP contribution in [0.25, 0.3) is 0 Å². The quantitative estimate of drug-likeness (QED) is 0.749. The summed E-state index contributed by atoms with van der Waals surface area (Å²) in [5.41, 5.74) is -0.667. The Morgan fingerprint density at radius 3 is 2.64 bits per heavy atom. The number of aromatic amines is 1. The van der Waals surface area contributed by atoms with E-state index >= 15 is 0 Å². The molecular weight excluding hydrogens is 198 g/mol. The summed E-state index contributed by atoms with van der Waals surface area (Å²) >= 11 is 1.47. The van der Waals surface area contributed by atoms with E-state index in [0.717, 1.165) is 5.82 Å². The number of aryl methyl sites for hydroxylation is 1. The fourth-order valence-corrected chi connectivity index (χ4v) is 1.83. The van der Waals surface area contributed by atoms with Crippen molar-refractivity contribution in [3.8, 4) is 0 Å². The van der Waals surface area contributed by atoms with Crippen LogP contribution in [0.3, 0.4) is 0 Å². The highest BCUT2D eigenvalue weighted by molar-refractivity contribution is 7.99. The fourth-order valence-electron chi connectivity index (χ4n) is 0.764. The molecule has 0 saturated carbocycles. The van der Waals surface area contributed by atoms with Gasteiger partial charge in [0.1, 0.15) is 5.82 Å². The SMILES string of the molecule is Cc1nc(SCC(C)(O)C(C)C)n[nH]1. The lowest BCUT2D eigenvalue weighted by molar-refractivity contribution is 0.0376. The smallest absolute Gasteiger partial charge is 0.208 e. The van der Waals surface area contributed by atoms with Gasteiger partial charge in [0.05, 0.1) is 5.60 Å². The summed E-state index contributed by atoms with van der Waals surface area (Å²) in [6, 6.07) is 0. The van der Waals surface area contributed by atoms with Gasteiger partial charge in [-0.2, -0.15) is 0 Å². The van der Waals surface area contributed by atoms with E-state index in [2.05, 4.69) is 15.2 Å². The summed E-state index contributed by atoms with van der Waals surface area (Å²) in [5.74, 6) is 1.65. The van der Waals surface area contributed by atoms with Crippen molar-refractivity contribution >= 4 is 11.8 Å². The van der Waals surface area contributed by atoms with Crippen LogP contribution >= 0.6 is 11.8 Å². The first-order valence-electron chi connectivity index (χ1n) is 4.66. The van der Waals surface area contributed by atoms with Gasteiger partial charge in [-0.05, 0) is 19.8 Å². The highest BCUT2D eigenvalue weighted by Crippen LogP contribution is 2.24. The number of thioether (sulfide) groups is 1. The summed E-state index contributed by atoms with van der Waals surface area (Å²) in [6.07, 6.45) is 0. The van der Waals surface area contributed by atoms with Gasteiger partial charge in [-0.3, -0.25) is 5.10 Å². The minimum absolute atomic E-state index is 0.232. The lowest BCUT2D eigenvalue weighted by atomic mass is 9.95. The van der Waals surface area contributed by atoms with E-state index in [1.807, 2.05) is 27.7 Å². The molecule has 1 atom stereocenters. The van der Waals surface area contributed by atoms with Gasteiger partial charge in [0.25, 0.3) is 0 Å². The number of hydrogen-bond acceptors (Lipinski definition) is 4. The van der Waals surface area contributed by atoms with Crippen molar-refractivity contribution < 1.29 is 5.11 Å². The Balaban J connectivity index is 2.48. The third-order valence-corrected chi connectivity index (χ3v) is 3.48. The minimum Gasteiger partial charge on any atom is -0.389 e. The van der Waals surface area contributed by atoms with Gasteiger partial charge < -0.3 is 5.11 Å². The van der Waals surface area contributed by atoms with E-state index in [4.69, 9.17) is 0 Å². The van der Waals surface area contributed by atoms with Crippen LogP contribution < -0.4 is 0 Å². The van der Waals surface area contributed by atoms with Crippen molar-refractivity contribution in [1.29, 1.82) is 0 Å². The predicted octanol–water partition coefficient (Wildman–Crippen LogP) is 1.61. The van der Waals surface area contributed by atoms with Crippen LogP contribution in [0.15, 0.2) is 5.16 Å². The van der Waals surface area contributed by atoms with Crippen LogP contribution in [-0.4, -0.2) is 31.6 Å². The Labute approximate surface area is 88.5 Å². The molecular formula is C9H17N3OS. The molecule has 1 unspecified atom stereocenters. The molecule has 0 aliphatic rings. The highest BCUT2D eigenvalue weighted by Gasteiger charge is 2.25. The molecule has 0 aliphatic carbocycles. The third kappa shape index (κ3) is 2.99. The maximum absolute atomic E-state index is 9.97. The van der Waals surface area contributed by atoms with Crippen molar-refractivity contribution in [3.05, 3.63) is 5.82 Å². The molecule has 0 fully saturated rings. The second-order valence-electron chi connectivity index (χ2n) is 4.00. The van der Waals surface area contributed by atoms with Crippen LogP contribution in [0.2, 0.25) is 0 Å². The number of aliphatic hydroxyl groups is 1. The molecule has 0 radical (unpaired) electrons. The van der Waals surface area contributed by atoms with Crippen LogP contribution in [0.1, 0.15) is 26.6 Å². The van der Waals surface area contributed by atoms with Crippen molar-refractivity contribution in [2.45, 2.75) is 38.5 Å². The van der Waals surface area contributed by atoms with E-state index < -0.39 is 5.60 Å². The lowest BCUT2D eigenvalue weighted by Crippen LogP contribution is -2.33. The van der Waals surface area contributed by atoms with Gasteiger partial charge in [-0.25, -0.2) is 4.98 Å². The number of rotatable bonds is 4. The van der Waals surface area contributed by atoms with Crippen LogP contribution in [0.4, 0.5) is 0 Å². The molecule has 0 spiro atoms. The first kappa shape index (κ1) is 11.5. The Hall–Kier alpha value is -0.550. The number of nitrogens with one attached hydrogen (secondary N) is 1. The molecule has 0 bridgehead atoms. The molecule has 1 rings (SSSR count). The molecule has 1 heterocycles. The van der Waals surface area contributed by atoms with Crippen molar-refractivity contribution in [3.63, 3.8) is 0 Å². The molecule has 1 aromatic rings. The summed E-state index contributed by atoms with van der Waals surface area (Å²) < 4.78 is 0. The molecule has 2 N–H and O–H groups in total. The molecule has 80 valence electrons. The van der Waals surface area contributed by atoms with Crippen LogP contribution in [0, 0.1) is 12.8 Å². The van der Waals surface area contributed by atoms with Gasteiger partial charge in [-0.15, -0.1) is 5.10 Å². The van der Waals surface area contributed by atoms with Crippen molar-refractivity contribution in [1.82, 2.24) is 15.2 Å². The third-order valence-electron chi connectivity index (χ3n) is 2.31. The van der Waals surface area contributed by atoms with Crippen LogP contribution in [0.5, 0.6) is 0 Å². The van der Waals surface area contributed by atoms with E-state index in [0.29, 0.717) is 10.9 Å². The first-order chi connectivity index (χ1) is 6.42. The first-order valence-corrected chi connectivity index (χ1v) is 5.64. The van der Waals surface area contributed by atoms with Gasteiger partial charge in [0.15, 0.2) is 0 Å². The van der Waals surface area contributed by atoms with Gasteiger partial charge >= 0.3 is 0 Å². The molecule has 0 amide bonds.